The molecule has 0 radical (unpaired) electrons. The Balaban J connectivity index is 2.04. The fourth-order valence-electron chi connectivity index (χ4n) is 2.02. The largest absolute Gasteiger partial charge is 0.481 e. The smallest absolute Gasteiger partial charge is 0.304 e. The molecule has 2 rings (SSSR count). The number of hydrogen-bond donors (Lipinski definition) is 2. The molecule has 8 heteroatoms. The Morgan fingerprint density at radius 3 is 2.23 bits per heavy atom. The highest BCUT2D eigenvalue weighted by Crippen LogP contribution is 2.14. The van der Waals surface area contributed by atoms with Crippen molar-refractivity contribution in [3.05, 3.63) is 70.2 Å². The van der Waals surface area contributed by atoms with Crippen LogP contribution in [-0.2, 0) is 14.8 Å². The van der Waals surface area contributed by atoms with Gasteiger partial charge in [0, 0.05) is 16.6 Å². The van der Waals surface area contributed by atoms with Crippen molar-refractivity contribution in [2.45, 2.75) is 11.3 Å². The third kappa shape index (κ3) is 5.91. The highest BCUT2D eigenvalue weighted by Gasteiger charge is 2.14. The highest BCUT2D eigenvalue weighted by molar-refractivity contribution is 9.10. The molecule has 0 aliphatic carbocycles. The van der Waals surface area contributed by atoms with E-state index in [4.69, 9.17) is 5.11 Å². The average Bonchev–Trinajstić information content (AvgIpc) is 2.60. The number of carbonyl (C=O) groups excluding carboxylic acids is 1. The molecule has 0 amide bonds. The summed E-state index contributed by atoms with van der Waals surface area (Å²) in [6.07, 6.45) is 2.78. The first-order valence-electron chi connectivity index (χ1n) is 7.57. The number of allylic oxidation sites excluding steroid dienone is 1. The molecule has 2 aromatic carbocycles. The zero-order valence-corrected chi connectivity index (χ0v) is 16.0. The van der Waals surface area contributed by atoms with Crippen LogP contribution in [0.3, 0.4) is 0 Å². The molecule has 2 aromatic rings. The molecule has 0 aliphatic rings. The predicted octanol–water partition coefficient (Wildman–Crippen LogP) is 3.10. The van der Waals surface area contributed by atoms with Crippen LogP contribution >= 0.6 is 15.9 Å². The van der Waals surface area contributed by atoms with Crippen LogP contribution in [0, 0.1) is 0 Å². The van der Waals surface area contributed by atoms with E-state index in [1.807, 2.05) is 24.3 Å². The van der Waals surface area contributed by atoms with Crippen molar-refractivity contribution in [1.82, 2.24) is 4.72 Å². The summed E-state index contributed by atoms with van der Waals surface area (Å²) in [7, 11) is -3.80. The Hall–Kier alpha value is -2.29. The van der Waals surface area contributed by atoms with Gasteiger partial charge in [-0.05, 0) is 48.0 Å². The SMILES string of the molecule is O=C(O)CCNS(=O)(=O)c1ccc(C(=O)/C=C/c2ccc(Br)cc2)cc1. The van der Waals surface area contributed by atoms with Crippen LogP contribution in [0.1, 0.15) is 22.3 Å². The summed E-state index contributed by atoms with van der Waals surface area (Å²) in [5.41, 5.74) is 1.21. The lowest BCUT2D eigenvalue weighted by molar-refractivity contribution is -0.136. The van der Waals surface area contributed by atoms with Gasteiger partial charge in [-0.3, -0.25) is 9.59 Å². The van der Waals surface area contributed by atoms with Gasteiger partial charge in [0.15, 0.2) is 5.78 Å². The fraction of sp³-hybridized carbons (Fsp3) is 0.111. The molecule has 0 unspecified atom stereocenters. The minimum atomic E-state index is -3.80. The van der Waals surface area contributed by atoms with Crippen LogP contribution in [-0.4, -0.2) is 31.8 Å². The molecule has 0 fully saturated rings. The van der Waals surface area contributed by atoms with Crippen LogP contribution in [0.15, 0.2) is 64.0 Å². The van der Waals surface area contributed by atoms with Gasteiger partial charge in [-0.25, -0.2) is 13.1 Å². The van der Waals surface area contributed by atoms with Gasteiger partial charge < -0.3 is 5.11 Å². The zero-order chi connectivity index (χ0) is 19.2. The van der Waals surface area contributed by atoms with Gasteiger partial charge in [-0.2, -0.15) is 0 Å². The van der Waals surface area contributed by atoms with Crippen LogP contribution in [0.5, 0.6) is 0 Å². The molecule has 0 aromatic heterocycles. The number of halogens is 1. The van der Waals surface area contributed by atoms with Crippen LogP contribution < -0.4 is 4.72 Å². The maximum absolute atomic E-state index is 12.2. The molecule has 0 heterocycles. The molecule has 0 aliphatic heterocycles. The van der Waals surface area contributed by atoms with Crippen molar-refractivity contribution < 1.29 is 23.1 Å². The Kier molecular flexibility index (Phi) is 6.84. The average molecular weight is 438 g/mol. The summed E-state index contributed by atoms with van der Waals surface area (Å²) in [5, 5.41) is 8.54. The van der Waals surface area contributed by atoms with Gasteiger partial charge in [-0.15, -0.1) is 0 Å². The number of ketones is 1. The molecule has 6 nitrogen and oxygen atoms in total. The second kappa shape index (κ2) is 8.88. The van der Waals surface area contributed by atoms with E-state index in [1.165, 1.54) is 30.3 Å². The fourth-order valence-corrected chi connectivity index (χ4v) is 3.31. The summed E-state index contributed by atoms with van der Waals surface area (Å²) in [5.74, 6) is -1.35. The Bertz CT molecular complexity index is 919. The molecule has 0 bridgehead atoms. The summed E-state index contributed by atoms with van der Waals surface area (Å²) in [6, 6.07) is 12.9. The maximum Gasteiger partial charge on any atom is 0.304 e. The molecule has 136 valence electrons. The molecule has 0 saturated heterocycles. The van der Waals surface area contributed by atoms with E-state index in [-0.39, 0.29) is 23.6 Å². The first-order valence-corrected chi connectivity index (χ1v) is 9.85. The molecule has 0 saturated carbocycles. The molecular formula is C18H16BrNO5S. The standard InChI is InChI=1S/C18H16BrNO5S/c19-15-6-1-13(2-7-15)3-10-17(21)14-4-8-16(9-5-14)26(24,25)20-12-11-18(22)23/h1-10,20H,11-12H2,(H,22,23)/b10-3+. The lowest BCUT2D eigenvalue weighted by Gasteiger charge is -2.06. The third-order valence-electron chi connectivity index (χ3n) is 3.38. The van der Waals surface area contributed by atoms with Gasteiger partial charge in [0.25, 0.3) is 0 Å². The van der Waals surface area contributed by atoms with E-state index in [9.17, 15) is 18.0 Å². The monoisotopic (exact) mass is 437 g/mol. The van der Waals surface area contributed by atoms with E-state index < -0.39 is 16.0 Å². The van der Waals surface area contributed by atoms with Crippen LogP contribution in [0.25, 0.3) is 6.08 Å². The molecule has 0 atom stereocenters. The second-order valence-electron chi connectivity index (χ2n) is 5.32. The topological polar surface area (TPSA) is 101 Å². The summed E-state index contributed by atoms with van der Waals surface area (Å²) < 4.78 is 27.2. The number of carbonyl (C=O) groups is 2. The quantitative estimate of drug-likeness (QED) is 0.487. The summed E-state index contributed by atoms with van der Waals surface area (Å²) in [6.45, 7) is -0.200. The van der Waals surface area contributed by atoms with E-state index in [0.717, 1.165) is 10.0 Å². The normalized spacial score (nSPS) is 11.6. The number of carboxylic acids is 1. The number of aliphatic carboxylic acids is 1. The lowest BCUT2D eigenvalue weighted by Crippen LogP contribution is -2.26. The van der Waals surface area contributed by atoms with Crippen molar-refractivity contribution >= 4 is 43.8 Å². The maximum atomic E-state index is 12.2. The number of benzene rings is 2. The number of hydrogen-bond acceptors (Lipinski definition) is 4. The first-order chi connectivity index (χ1) is 12.3. The number of nitrogens with one attached hydrogen (secondary N) is 1. The van der Waals surface area contributed by atoms with Crippen molar-refractivity contribution in [2.75, 3.05) is 6.54 Å². The Labute approximate surface area is 159 Å². The van der Waals surface area contributed by atoms with Crippen LogP contribution in [0.4, 0.5) is 0 Å². The third-order valence-corrected chi connectivity index (χ3v) is 5.38. The van der Waals surface area contributed by atoms with Gasteiger partial charge in [-0.1, -0.05) is 34.1 Å². The van der Waals surface area contributed by atoms with Gasteiger partial charge >= 0.3 is 5.97 Å². The zero-order valence-electron chi connectivity index (χ0n) is 13.6. The van der Waals surface area contributed by atoms with Crippen molar-refractivity contribution in [3.63, 3.8) is 0 Å². The highest BCUT2D eigenvalue weighted by atomic mass is 79.9. The number of sulfonamides is 1. The van der Waals surface area contributed by atoms with Gasteiger partial charge in [0.05, 0.1) is 11.3 Å². The lowest BCUT2D eigenvalue weighted by atomic mass is 10.1. The second-order valence-corrected chi connectivity index (χ2v) is 8.00. The molecule has 2 N–H and O–H groups in total. The van der Waals surface area contributed by atoms with Crippen molar-refractivity contribution in [1.29, 1.82) is 0 Å². The molecular weight excluding hydrogens is 422 g/mol. The van der Waals surface area contributed by atoms with E-state index in [1.54, 1.807) is 6.08 Å². The molecule has 26 heavy (non-hydrogen) atoms. The summed E-state index contributed by atoms with van der Waals surface area (Å²) in [4.78, 5) is 22.6. The number of rotatable bonds is 8. The van der Waals surface area contributed by atoms with Crippen molar-refractivity contribution in [3.8, 4) is 0 Å². The number of carboxylic acid groups (broad SMARTS) is 1. The minimum absolute atomic E-state index is 0.0312. The molecule has 0 spiro atoms. The van der Waals surface area contributed by atoms with E-state index in [2.05, 4.69) is 20.7 Å². The van der Waals surface area contributed by atoms with Gasteiger partial charge in [0.1, 0.15) is 0 Å². The first kappa shape index (κ1) is 20.0. The predicted molar refractivity (Wildman–Crippen MR) is 101 cm³/mol. The van der Waals surface area contributed by atoms with Crippen LogP contribution in [0.2, 0.25) is 0 Å². The summed E-state index contributed by atoms with van der Waals surface area (Å²) >= 11 is 3.33. The van der Waals surface area contributed by atoms with E-state index >= 15 is 0 Å². The Morgan fingerprint density at radius 2 is 1.65 bits per heavy atom. The van der Waals surface area contributed by atoms with Gasteiger partial charge in [0.2, 0.25) is 10.0 Å². The Morgan fingerprint density at radius 1 is 1.04 bits per heavy atom. The minimum Gasteiger partial charge on any atom is -0.481 e. The van der Waals surface area contributed by atoms with Crippen molar-refractivity contribution in [2.24, 2.45) is 0 Å². The van der Waals surface area contributed by atoms with E-state index in [0.29, 0.717) is 5.56 Å².